The first-order valence-electron chi connectivity index (χ1n) is 10.2. The van der Waals surface area contributed by atoms with Crippen molar-refractivity contribution in [3.8, 4) is 0 Å². The number of carbonyl (C=O) groups is 1. The van der Waals surface area contributed by atoms with E-state index in [4.69, 9.17) is 4.74 Å². The molecule has 2 fully saturated rings. The summed E-state index contributed by atoms with van der Waals surface area (Å²) < 4.78 is 33.5. The molecule has 0 unspecified atom stereocenters. The van der Waals surface area contributed by atoms with Gasteiger partial charge in [-0.05, 0) is 37.0 Å². The third kappa shape index (κ3) is 3.19. The van der Waals surface area contributed by atoms with Gasteiger partial charge in [0.05, 0.1) is 6.61 Å². The summed E-state index contributed by atoms with van der Waals surface area (Å²) in [6, 6.07) is 11.8. The molecular formula is C23H24F2N2O2. The summed E-state index contributed by atoms with van der Waals surface area (Å²) in [4.78, 5) is 16.9. The van der Waals surface area contributed by atoms with E-state index in [1.165, 1.54) is 12.1 Å². The third-order valence-corrected chi connectivity index (χ3v) is 6.52. The van der Waals surface area contributed by atoms with Crippen LogP contribution in [0.15, 0.2) is 42.5 Å². The molecule has 3 aliphatic rings. The fraction of sp³-hybridized carbons (Fsp3) is 0.435. The van der Waals surface area contributed by atoms with E-state index < -0.39 is 17.7 Å². The highest BCUT2D eigenvalue weighted by Gasteiger charge is 2.51. The molecule has 0 N–H and O–H groups in total. The molecule has 0 bridgehead atoms. The molecule has 0 saturated carbocycles. The lowest BCUT2D eigenvalue weighted by Crippen LogP contribution is -2.38. The molecule has 5 rings (SSSR count). The standard InChI is InChI=1S/C23H24F2N2O2/c24-17-8-7-16(19(25)11-17)13-27-14-23(18-5-1-2-6-20(18)27)12-21(29-15-23)22(28)26-9-3-4-10-26/h1-2,5-8,11,21H,3-4,9-10,12-15H2/t21-,23+/m1/s1. The van der Waals surface area contributed by atoms with Crippen LogP contribution in [0.25, 0.3) is 0 Å². The average Bonchev–Trinajstić information content (AvgIpc) is 3.45. The Morgan fingerprint density at radius 1 is 1.14 bits per heavy atom. The zero-order valence-corrected chi connectivity index (χ0v) is 16.2. The Morgan fingerprint density at radius 2 is 1.93 bits per heavy atom. The van der Waals surface area contributed by atoms with Crippen LogP contribution >= 0.6 is 0 Å². The van der Waals surface area contributed by atoms with Gasteiger partial charge >= 0.3 is 0 Å². The highest BCUT2D eigenvalue weighted by atomic mass is 19.1. The Bertz CT molecular complexity index is 944. The minimum Gasteiger partial charge on any atom is -0.367 e. The molecular weight excluding hydrogens is 374 g/mol. The van der Waals surface area contributed by atoms with Crippen LogP contribution in [0, 0.1) is 11.6 Å². The van der Waals surface area contributed by atoms with E-state index in [1.807, 2.05) is 23.1 Å². The zero-order chi connectivity index (χ0) is 20.0. The summed E-state index contributed by atoms with van der Waals surface area (Å²) in [5.74, 6) is -1.01. The number of para-hydroxylation sites is 1. The topological polar surface area (TPSA) is 32.8 Å². The van der Waals surface area contributed by atoms with Gasteiger partial charge in [0.25, 0.3) is 5.91 Å². The first-order valence-corrected chi connectivity index (χ1v) is 10.2. The second-order valence-electron chi connectivity index (χ2n) is 8.43. The molecule has 3 aliphatic heterocycles. The van der Waals surface area contributed by atoms with E-state index in [1.54, 1.807) is 0 Å². The van der Waals surface area contributed by atoms with Gasteiger partial charge in [-0.3, -0.25) is 4.79 Å². The van der Waals surface area contributed by atoms with Gasteiger partial charge in [0.1, 0.15) is 17.7 Å². The molecule has 29 heavy (non-hydrogen) atoms. The first kappa shape index (κ1) is 18.6. The molecule has 2 saturated heterocycles. The van der Waals surface area contributed by atoms with Crippen molar-refractivity contribution in [2.45, 2.75) is 37.3 Å². The first-order chi connectivity index (χ1) is 14.1. The van der Waals surface area contributed by atoms with Gasteiger partial charge in [-0.25, -0.2) is 8.78 Å². The maximum Gasteiger partial charge on any atom is 0.251 e. The monoisotopic (exact) mass is 398 g/mol. The molecule has 2 aromatic rings. The summed E-state index contributed by atoms with van der Waals surface area (Å²) in [6.45, 7) is 3.13. The Labute approximate surface area is 169 Å². The Hall–Kier alpha value is -2.47. The van der Waals surface area contributed by atoms with Gasteiger partial charge in [-0.15, -0.1) is 0 Å². The highest BCUT2D eigenvalue weighted by molar-refractivity contribution is 5.82. The van der Waals surface area contributed by atoms with E-state index in [-0.39, 0.29) is 11.3 Å². The number of hydrogen-bond donors (Lipinski definition) is 0. The minimum absolute atomic E-state index is 0.0971. The second kappa shape index (κ2) is 7.10. The predicted octanol–water partition coefficient (Wildman–Crippen LogP) is 3.63. The molecule has 0 aromatic heterocycles. The number of carbonyl (C=O) groups excluding carboxylic acids is 1. The van der Waals surface area contributed by atoms with Crippen molar-refractivity contribution in [2.75, 3.05) is 31.1 Å². The number of ether oxygens (including phenoxy) is 1. The minimum atomic E-state index is -0.572. The van der Waals surface area contributed by atoms with Gasteiger partial charge in [-0.2, -0.15) is 0 Å². The van der Waals surface area contributed by atoms with Crippen LogP contribution in [0.1, 0.15) is 30.4 Å². The molecule has 152 valence electrons. The van der Waals surface area contributed by atoms with E-state index >= 15 is 0 Å². The number of amides is 1. The lowest BCUT2D eigenvalue weighted by molar-refractivity contribution is -0.139. The predicted molar refractivity (Wildman–Crippen MR) is 106 cm³/mol. The van der Waals surface area contributed by atoms with Crippen LogP contribution in [0.4, 0.5) is 14.5 Å². The summed E-state index contributed by atoms with van der Waals surface area (Å²) in [5, 5.41) is 0. The number of halogens is 2. The molecule has 2 aromatic carbocycles. The van der Waals surface area contributed by atoms with Crippen LogP contribution in [-0.2, 0) is 21.5 Å². The molecule has 1 amide bonds. The van der Waals surface area contributed by atoms with Crippen molar-refractivity contribution in [1.82, 2.24) is 4.90 Å². The molecule has 4 nitrogen and oxygen atoms in total. The van der Waals surface area contributed by atoms with Gasteiger partial charge in [0, 0.05) is 48.9 Å². The van der Waals surface area contributed by atoms with Crippen molar-refractivity contribution in [1.29, 1.82) is 0 Å². The number of hydrogen-bond acceptors (Lipinski definition) is 3. The SMILES string of the molecule is O=C([C@H]1C[C@@]2(CO1)CN(Cc1ccc(F)cc1F)c1ccccc12)N1CCCC1. The normalized spacial score (nSPS) is 25.8. The van der Waals surface area contributed by atoms with Crippen LogP contribution in [0.2, 0.25) is 0 Å². The maximum absolute atomic E-state index is 14.2. The number of likely N-dealkylation sites (tertiary alicyclic amines) is 1. The third-order valence-electron chi connectivity index (χ3n) is 6.52. The van der Waals surface area contributed by atoms with Crippen molar-refractivity contribution >= 4 is 11.6 Å². The van der Waals surface area contributed by atoms with Crippen LogP contribution < -0.4 is 4.90 Å². The Kier molecular flexibility index (Phi) is 4.54. The summed E-state index contributed by atoms with van der Waals surface area (Å²) in [5.41, 5.74) is 2.38. The Morgan fingerprint density at radius 3 is 2.72 bits per heavy atom. The van der Waals surface area contributed by atoms with Gasteiger partial charge < -0.3 is 14.5 Å². The largest absolute Gasteiger partial charge is 0.367 e. The molecule has 0 aliphatic carbocycles. The number of nitrogens with zero attached hydrogens (tertiary/aromatic N) is 2. The van der Waals surface area contributed by atoms with Gasteiger partial charge in [-0.1, -0.05) is 24.3 Å². The summed E-state index contributed by atoms with van der Waals surface area (Å²) in [6.07, 6.45) is 2.35. The van der Waals surface area contributed by atoms with E-state index in [0.29, 0.717) is 31.7 Å². The van der Waals surface area contributed by atoms with Crippen LogP contribution in [0.3, 0.4) is 0 Å². The second-order valence-corrected chi connectivity index (χ2v) is 8.43. The fourth-order valence-corrected chi connectivity index (χ4v) is 5.06. The lowest BCUT2D eigenvalue weighted by Gasteiger charge is -2.25. The number of anilines is 1. The van der Waals surface area contributed by atoms with Crippen molar-refractivity contribution in [2.24, 2.45) is 0 Å². The highest BCUT2D eigenvalue weighted by Crippen LogP contribution is 2.48. The number of rotatable bonds is 3. The van der Waals surface area contributed by atoms with E-state index in [2.05, 4.69) is 11.0 Å². The summed E-state index contributed by atoms with van der Waals surface area (Å²) >= 11 is 0. The lowest BCUT2D eigenvalue weighted by atomic mass is 9.80. The van der Waals surface area contributed by atoms with Crippen molar-refractivity contribution in [3.63, 3.8) is 0 Å². The summed E-state index contributed by atoms with van der Waals surface area (Å²) in [7, 11) is 0. The van der Waals surface area contributed by atoms with Gasteiger partial charge in [0.2, 0.25) is 0 Å². The smallest absolute Gasteiger partial charge is 0.251 e. The molecule has 1 spiro atoms. The Balaban J connectivity index is 1.40. The number of fused-ring (bicyclic) bond motifs is 2. The zero-order valence-electron chi connectivity index (χ0n) is 16.2. The van der Waals surface area contributed by atoms with Crippen LogP contribution in [0.5, 0.6) is 0 Å². The maximum atomic E-state index is 14.2. The fourth-order valence-electron chi connectivity index (χ4n) is 5.06. The van der Waals surface area contributed by atoms with E-state index in [9.17, 15) is 13.6 Å². The molecule has 0 radical (unpaired) electrons. The average molecular weight is 398 g/mol. The quantitative estimate of drug-likeness (QED) is 0.792. The molecule has 6 heteroatoms. The van der Waals surface area contributed by atoms with Gasteiger partial charge in [0.15, 0.2) is 0 Å². The van der Waals surface area contributed by atoms with Crippen LogP contribution in [-0.4, -0.2) is 43.2 Å². The number of benzene rings is 2. The molecule has 2 atom stereocenters. The van der Waals surface area contributed by atoms with E-state index in [0.717, 1.165) is 43.2 Å². The molecule has 3 heterocycles. The van der Waals surface area contributed by atoms with Crippen molar-refractivity contribution in [3.05, 3.63) is 65.2 Å². The van der Waals surface area contributed by atoms with Crippen molar-refractivity contribution < 1.29 is 18.3 Å².